The average molecular weight is 415 g/mol. The van der Waals surface area contributed by atoms with Crippen LogP contribution in [-0.4, -0.2) is 26.4 Å². The van der Waals surface area contributed by atoms with Crippen molar-refractivity contribution < 1.29 is 4.79 Å². The molecule has 148 valence electrons. The van der Waals surface area contributed by atoms with Crippen molar-refractivity contribution in [1.29, 1.82) is 0 Å². The maximum Gasteiger partial charge on any atom is 0.234 e. The van der Waals surface area contributed by atoms with Crippen molar-refractivity contribution in [3.63, 3.8) is 0 Å². The Morgan fingerprint density at radius 2 is 2.07 bits per heavy atom. The molecule has 5 nitrogen and oxygen atoms in total. The number of nitrogens with zero attached hydrogens (tertiary/aromatic N) is 3. The Hall–Kier alpha value is -2.12. The second-order valence-corrected chi connectivity index (χ2v) is 8.62. The van der Waals surface area contributed by atoms with Gasteiger partial charge in [-0.15, -0.1) is 21.5 Å². The van der Waals surface area contributed by atoms with Gasteiger partial charge in [-0.25, -0.2) is 0 Å². The highest BCUT2D eigenvalue weighted by atomic mass is 32.2. The first-order chi connectivity index (χ1) is 13.5. The molecule has 0 bridgehead atoms. The van der Waals surface area contributed by atoms with E-state index >= 15 is 0 Å². The molecule has 2 heterocycles. The summed E-state index contributed by atoms with van der Waals surface area (Å²) in [5.41, 5.74) is 4.23. The molecule has 0 radical (unpaired) electrons. The molecular formula is C21H26N4OS2. The maximum atomic E-state index is 12.4. The van der Waals surface area contributed by atoms with Gasteiger partial charge in [0.15, 0.2) is 11.0 Å². The molecule has 0 aliphatic heterocycles. The fourth-order valence-corrected chi connectivity index (χ4v) is 4.74. The molecule has 0 atom stereocenters. The van der Waals surface area contributed by atoms with E-state index in [1.807, 2.05) is 32.0 Å². The SMILES string of the molecule is CCCc1cc(-c2nnc(SCC(=O)Nc3cccc(C)c3C)n2CC)cs1. The number of carbonyl (C=O) groups is 1. The number of aryl methyl sites for hydroxylation is 2. The topological polar surface area (TPSA) is 59.8 Å². The van der Waals surface area contributed by atoms with E-state index in [0.29, 0.717) is 5.75 Å². The molecule has 0 aliphatic carbocycles. The lowest BCUT2D eigenvalue weighted by molar-refractivity contribution is -0.113. The number of benzene rings is 1. The zero-order valence-corrected chi connectivity index (χ0v) is 18.4. The van der Waals surface area contributed by atoms with Crippen LogP contribution in [0.2, 0.25) is 0 Å². The van der Waals surface area contributed by atoms with E-state index < -0.39 is 0 Å². The Labute approximate surface area is 174 Å². The van der Waals surface area contributed by atoms with E-state index in [9.17, 15) is 4.79 Å². The van der Waals surface area contributed by atoms with E-state index in [4.69, 9.17) is 0 Å². The quantitative estimate of drug-likeness (QED) is 0.506. The monoisotopic (exact) mass is 414 g/mol. The Bertz CT molecular complexity index is 961. The molecule has 0 saturated heterocycles. The van der Waals surface area contributed by atoms with Crippen molar-refractivity contribution in [2.45, 2.75) is 52.2 Å². The van der Waals surface area contributed by atoms with Gasteiger partial charge in [-0.3, -0.25) is 4.79 Å². The van der Waals surface area contributed by atoms with Crippen LogP contribution in [0.5, 0.6) is 0 Å². The van der Waals surface area contributed by atoms with Crippen molar-refractivity contribution in [2.24, 2.45) is 0 Å². The second kappa shape index (κ2) is 9.39. The summed E-state index contributed by atoms with van der Waals surface area (Å²) in [4.78, 5) is 13.8. The van der Waals surface area contributed by atoms with E-state index in [1.54, 1.807) is 11.3 Å². The van der Waals surface area contributed by atoms with Crippen molar-refractivity contribution >= 4 is 34.7 Å². The molecule has 0 aliphatic rings. The van der Waals surface area contributed by atoms with Gasteiger partial charge in [0.2, 0.25) is 5.91 Å². The molecule has 28 heavy (non-hydrogen) atoms. The Morgan fingerprint density at radius 3 is 2.82 bits per heavy atom. The summed E-state index contributed by atoms with van der Waals surface area (Å²) in [7, 11) is 0. The summed E-state index contributed by atoms with van der Waals surface area (Å²) in [6.45, 7) is 9.09. The molecule has 0 saturated carbocycles. The summed E-state index contributed by atoms with van der Waals surface area (Å²) < 4.78 is 2.08. The standard InChI is InChI=1S/C21H26N4OS2/c1-5-8-17-11-16(12-27-17)20-23-24-21(25(20)6-2)28-13-19(26)22-18-10-7-9-14(3)15(18)4/h7,9-12H,5-6,8,13H2,1-4H3,(H,22,26). The fourth-order valence-electron chi connectivity index (χ4n) is 2.97. The number of rotatable bonds is 8. The van der Waals surface area contributed by atoms with Gasteiger partial charge >= 0.3 is 0 Å². The number of nitrogens with one attached hydrogen (secondary N) is 1. The number of thiophene rings is 1. The second-order valence-electron chi connectivity index (χ2n) is 6.69. The summed E-state index contributed by atoms with van der Waals surface area (Å²) in [6.07, 6.45) is 2.22. The first-order valence-corrected chi connectivity index (χ1v) is 11.4. The molecule has 2 aromatic heterocycles. The van der Waals surface area contributed by atoms with Gasteiger partial charge < -0.3 is 9.88 Å². The normalized spacial score (nSPS) is 11.0. The fraction of sp³-hybridized carbons (Fsp3) is 0.381. The smallest absolute Gasteiger partial charge is 0.234 e. The minimum atomic E-state index is -0.0355. The van der Waals surface area contributed by atoms with Crippen LogP contribution < -0.4 is 5.32 Å². The zero-order chi connectivity index (χ0) is 20.1. The number of anilines is 1. The lowest BCUT2D eigenvalue weighted by Crippen LogP contribution is -2.15. The van der Waals surface area contributed by atoms with Crippen molar-refractivity contribution in [2.75, 3.05) is 11.1 Å². The van der Waals surface area contributed by atoms with Crippen LogP contribution >= 0.6 is 23.1 Å². The van der Waals surface area contributed by atoms with Crippen LogP contribution in [0.25, 0.3) is 11.4 Å². The van der Waals surface area contributed by atoms with Gasteiger partial charge in [-0.1, -0.05) is 37.2 Å². The predicted molar refractivity (Wildman–Crippen MR) is 118 cm³/mol. The van der Waals surface area contributed by atoms with Gasteiger partial charge in [0.25, 0.3) is 0 Å². The summed E-state index contributed by atoms with van der Waals surface area (Å²) >= 11 is 3.19. The van der Waals surface area contributed by atoms with Crippen LogP contribution in [0.15, 0.2) is 34.8 Å². The van der Waals surface area contributed by atoms with Crippen LogP contribution in [0.4, 0.5) is 5.69 Å². The molecule has 3 aromatic rings. The molecule has 0 spiro atoms. The summed E-state index contributed by atoms with van der Waals surface area (Å²) in [6, 6.07) is 8.13. The van der Waals surface area contributed by atoms with Crippen LogP contribution in [0, 0.1) is 13.8 Å². The molecule has 0 unspecified atom stereocenters. The number of hydrogen-bond acceptors (Lipinski definition) is 5. The maximum absolute atomic E-state index is 12.4. The third kappa shape index (κ3) is 4.64. The minimum Gasteiger partial charge on any atom is -0.325 e. The minimum absolute atomic E-state index is 0.0355. The van der Waals surface area contributed by atoms with E-state index in [0.717, 1.165) is 47.2 Å². The highest BCUT2D eigenvalue weighted by Gasteiger charge is 2.16. The number of thioether (sulfide) groups is 1. The first-order valence-electron chi connectivity index (χ1n) is 9.53. The summed E-state index contributed by atoms with van der Waals surface area (Å²) in [5.74, 6) is 1.14. The molecule has 1 N–H and O–H groups in total. The Morgan fingerprint density at radius 1 is 1.25 bits per heavy atom. The van der Waals surface area contributed by atoms with Gasteiger partial charge in [0.1, 0.15) is 0 Å². The van der Waals surface area contributed by atoms with Gasteiger partial charge in [0, 0.05) is 28.1 Å². The molecule has 3 rings (SSSR count). The number of aromatic nitrogens is 3. The lowest BCUT2D eigenvalue weighted by Gasteiger charge is -2.10. The third-order valence-corrected chi connectivity index (χ3v) is 6.62. The van der Waals surface area contributed by atoms with Crippen molar-refractivity contribution in [1.82, 2.24) is 14.8 Å². The molecule has 1 amide bonds. The lowest BCUT2D eigenvalue weighted by atomic mass is 10.1. The average Bonchev–Trinajstić information content (AvgIpc) is 3.30. The van der Waals surface area contributed by atoms with E-state index in [-0.39, 0.29) is 5.91 Å². The number of hydrogen-bond donors (Lipinski definition) is 1. The van der Waals surface area contributed by atoms with Gasteiger partial charge in [-0.2, -0.15) is 0 Å². The highest BCUT2D eigenvalue weighted by Crippen LogP contribution is 2.28. The molecule has 7 heteroatoms. The Balaban J connectivity index is 1.68. The van der Waals surface area contributed by atoms with Crippen LogP contribution in [0.1, 0.15) is 36.3 Å². The third-order valence-electron chi connectivity index (χ3n) is 4.65. The van der Waals surface area contributed by atoms with Gasteiger partial charge in [-0.05, 0) is 50.5 Å². The Kier molecular flexibility index (Phi) is 6.91. The number of amides is 1. The van der Waals surface area contributed by atoms with E-state index in [1.165, 1.54) is 22.2 Å². The predicted octanol–water partition coefficient (Wildman–Crippen LogP) is 5.33. The highest BCUT2D eigenvalue weighted by molar-refractivity contribution is 7.99. The van der Waals surface area contributed by atoms with Crippen molar-refractivity contribution in [3.05, 3.63) is 45.6 Å². The van der Waals surface area contributed by atoms with Gasteiger partial charge in [0.05, 0.1) is 5.75 Å². The van der Waals surface area contributed by atoms with Crippen molar-refractivity contribution in [3.8, 4) is 11.4 Å². The van der Waals surface area contributed by atoms with Crippen LogP contribution in [0.3, 0.4) is 0 Å². The molecule has 0 fully saturated rings. The zero-order valence-electron chi connectivity index (χ0n) is 16.8. The number of carbonyl (C=O) groups excluding carboxylic acids is 1. The summed E-state index contributed by atoms with van der Waals surface area (Å²) in [5, 5.41) is 14.6. The first kappa shape index (κ1) is 20.6. The van der Waals surface area contributed by atoms with E-state index in [2.05, 4.69) is 45.4 Å². The molecule has 1 aromatic carbocycles. The van der Waals surface area contributed by atoms with Crippen LogP contribution in [-0.2, 0) is 17.8 Å². The molecular weight excluding hydrogens is 388 g/mol. The largest absolute Gasteiger partial charge is 0.325 e.